The number of benzene rings is 1. The summed E-state index contributed by atoms with van der Waals surface area (Å²) in [6.07, 6.45) is 3.78. The van der Waals surface area contributed by atoms with Crippen molar-refractivity contribution in [2.45, 2.75) is 68.7 Å². The number of ether oxygens (including phenoxy) is 1. The van der Waals surface area contributed by atoms with E-state index >= 15 is 0 Å². The maximum Gasteiger partial charge on any atom is 0.244 e. The van der Waals surface area contributed by atoms with Crippen molar-refractivity contribution < 1.29 is 17.9 Å². The molecule has 1 aromatic carbocycles. The summed E-state index contributed by atoms with van der Waals surface area (Å²) in [5.41, 5.74) is -0.549. The Morgan fingerprint density at radius 3 is 2.59 bits per heavy atom. The molecule has 1 N–H and O–H groups in total. The second kappa shape index (κ2) is 9.39. The van der Waals surface area contributed by atoms with Crippen molar-refractivity contribution in [1.29, 1.82) is 0 Å². The molecule has 1 spiro atoms. The summed E-state index contributed by atoms with van der Waals surface area (Å²) in [5, 5.41) is 3.85. The molecule has 0 radical (unpaired) electrons. The molecule has 0 aliphatic carbocycles. The van der Waals surface area contributed by atoms with Crippen molar-refractivity contribution in [2.75, 3.05) is 26.2 Å². The predicted octanol–water partition coefficient (Wildman–Crippen LogP) is 3.50. The minimum absolute atomic E-state index is 0.0203. The molecule has 3 heterocycles. The van der Waals surface area contributed by atoms with Gasteiger partial charge in [-0.2, -0.15) is 4.31 Å². The van der Waals surface area contributed by atoms with Gasteiger partial charge in [0.15, 0.2) is 0 Å². The number of sulfonamides is 1. The number of amides is 1. The molecule has 10 heteroatoms. The van der Waals surface area contributed by atoms with Gasteiger partial charge in [-0.25, -0.2) is 8.42 Å². The highest BCUT2D eigenvalue weighted by Crippen LogP contribution is 2.38. The molecule has 2 unspecified atom stereocenters. The first-order valence-electron chi connectivity index (χ1n) is 11.3. The summed E-state index contributed by atoms with van der Waals surface area (Å²) in [5.74, 6) is 0.477. The average Bonchev–Trinajstić information content (AvgIpc) is 3.33. The highest BCUT2D eigenvalue weighted by molar-refractivity contribution is 7.89. The van der Waals surface area contributed by atoms with Crippen LogP contribution in [0.2, 0.25) is 10.0 Å². The number of carbonyl (C=O) groups excluding carboxylic acids is 1. The highest BCUT2D eigenvalue weighted by Gasteiger charge is 2.53. The number of carbonyl (C=O) groups is 1. The minimum atomic E-state index is -3.79. The number of nitrogens with zero attached hydrogens (tertiary/aromatic N) is 2. The van der Waals surface area contributed by atoms with Gasteiger partial charge in [-0.3, -0.25) is 10.1 Å². The van der Waals surface area contributed by atoms with Crippen molar-refractivity contribution in [3.05, 3.63) is 28.2 Å². The van der Waals surface area contributed by atoms with Crippen LogP contribution in [0.1, 0.15) is 46.0 Å². The van der Waals surface area contributed by atoms with Gasteiger partial charge in [-0.15, -0.1) is 0 Å². The Morgan fingerprint density at radius 2 is 1.97 bits per heavy atom. The molecule has 4 rings (SSSR count). The molecule has 32 heavy (non-hydrogen) atoms. The Morgan fingerprint density at radius 1 is 1.25 bits per heavy atom. The molecule has 1 amide bonds. The van der Waals surface area contributed by atoms with Crippen LogP contribution in [0.3, 0.4) is 0 Å². The van der Waals surface area contributed by atoms with E-state index in [2.05, 4.69) is 19.2 Å². The fraction of sp³-hybridized carbons (Fsp3) is 0.682. The largest absolute Gasteiger partial charge is 0.376 e. The average molecular weight is 504 g/mol. The molecule has 2 atom stereocenters. The quantitative estimate of drug-likeness (QED) is 0.642. The van der Waals surface area contributed by atoms with Crippen molar-refractivity contribution in [3.63, 3.8) is 0 Å². The van der Waals surface area contributed by atoms with E-state index in [0.717, 1.165) is 25.9 Å². The zero-order valence-electron chi connectivity index (χ0n) is 18.5. The number of halogens is 2. The highest BCUT2D eigenvalue weighted by atomic mass is 35.5. The molecule has 0 aromatic heterocycles. The molecular weight excluding hydrogens is 473 g/mol. The van der Waals surface area contributed by atoms with Crippen molar-refractivity contribution >= 4 is 39.1 Å². The third-order valence-electron chi connectivity index (χ3n) is 6.72. The number of nitrogens with one attached hydrogen (secondary N) is 1. The topological polar surface area (TPSA) is 79.0 Å². The van der Waals surface area contributed by atoms with E-state index < -0.39 is 15.7 Å². The van der Waals surface area contributed by atoms with Crippen LogP contribution in [0.25, 0.3) is 0 Å². The van der Waals surface area contributed by atoms with Gasteiger partial charge in [0.1, 0.15) is 4.90 Å². The van der Waals surface area contributed by atoms with Crippen molar-refractivity contribution in [1.82, 2.24) is 14.5 Å². The molecule has 7 nitrogen and oxygen atoms in total. The van der Waals surface area contributed by atoms with E-state index in [1.807, 2.05) is 4.90 Å². The monoisotopic (exact) mass is 503 g/mol. The first-order valence-corrected chi connectivity index (χ1v) is 13.5. The molecule has 178 valence electrons. The standard InChI is InChI=1S/C22H31Cl2N3O4S/c1-15(2)13-18-21(28)27(14-16-5-4-12-31-16)22(25-18)8-10-26(11-9-22)32(29,30)19-7-3-6-17(23)20(19)24/h3,6-7,15-16,18,25H,4-5,8-14H2,1-2H3. The lowest BCUT2D eigenvalue weighted by Gasteiger charge is -2.44. The van der Waals surface area contributed by atoms with Crippen molar-refractivity contribution in [3.8, 4) is 0 Å². The second-order valence-corrected chi connectivity index (χ2v) is 12.1. The first kappa shape index (κ1) is 24.2. The molecular formula is C22H31Cl2N3O4S. The number of piperidine rings is 1. The second-order valence-electron chi connectivity index (χ2n) is 9.40. The van der Waals surface area contributed by atoms with Gasteiger partial charge in [-0.05, 0) is 50.2 Å². The van der Waals surface area contributed by atoms with Crippen LogP contribution < -0.4 is 5.32 Å². The van der Waals surface area contributed by atoms with Crippen LogP contribution in [0.5, 0.6) is 0 Å². The Kier molecular flexibility index (Phi) is 7.11. The lowest BCUT2D eigenvalue weighted by molar-refractivity contribution is -0.135. The van der Waals surface area contributed by atoms with Crippen LogP contribution in [0, 0.1) is 5.92 Å². The summed E-state index contributed by atoms with van der Waals surface area (Å²) in [7, 11) is -3.79. The Balaban J connectivity index is 1.54. The van der Waals surface area contributed by atoms with Gasteiger partial charge in [-0.1, -0.05) is 43.1 Å². The maximum atomic E-state index is 13.3. The molecule has 3 aliphatic heterocycles. The van der Waals surface area contributed by atoms with Crippen LogP contribution in [-0.2, 0) is 19.6 Å². The number of rotatable bonds is 6. The summed E-state index contributed by atoms with van der Waals surface area (Å²) >= 11 is 12.3. The molecule has 3 fully saturated rings. The zero-order chi connectivity index (χ0) is 23.1. The van der Waals surface area contributed by atoms with E-state index in [1.54, 1.807) is 12.1 Å². The van der Waals surface area contributed by atoms with Gasteiger partial charge in [0.25, 0.3) is 0 Å². The molecule has 1 aromatic rings. The van der Waals surface area contributed by atoms with E-state index in [4.69, 9.17) is 27.9 Å². The van der Waals surface area contributed by atoms with Gasteiger partial charge < -0.3 is 9.64 Å². The molecule has 3 aliphatic rings. The Hall–Kier alpha value is -0.900. The fourth-order valence-corrected chi connectivity index (χ4v) is 7.26. The van der Waals surface area contributed by atoms with Gasteiger partial charge in [0.05, 0.1) is 27.9 Å². The maximum absolute atomic E-state index is 13.3. The fourth-order valence-electron chi connectivity index (χ4n) is 5.08. The molecule has 0 saturated carbocycles. The van der Waals surface area contributed by atoms with E-state index in [1.165, 1.54) is 10.4 Å². The SMILES string of the molecule is CC(C)CC1NC2(CCN(S(=O)(=O)c3cccc(Cl)c3Cl)CC2)N(CC2CCCO2)C1=O. The zero-order valence-corrected chi connectivity index (χ0v) is 20.8. The van der Waals surface area contributed by atoms with Gasteiger partial charge in [0, 0.05) is 26.2 Å². The lowest BCUT2D eigenvalue weighted by atomic mass is 9.96. The van der Waals surface area contributed by atoms with E-state index in [9.17, 15) is 13.2 Å². The minimum Gasteiger partial charge on any atom is -0.376 e. The summed E-state index contributed by atoms with van der Waals surface area (Å²) in [6, 6.07) is 4.39. The summed E-state index contributed by atoms with van der Waals surface area (Å²) < 4.78 is 33.8. The van der Waals surface area contributed by atoms with E-state index in [0.29, 0.717) is 38.4 Å². The molecule has 3 saturated heterocycles. The normalized spacial score (nSPS) is 26.5. The predicted molar refractivity (Wildman–Crippen MR) is 124 cm³/mol. The van der Waals surface area contributed by atoms with Crippen LogP contribution in [0.15, 0.2) is 23.1 Å². The third kappa shape index (κ3) is 4.55. The smallest absolute Gasteiger partial charge is 0.244 e. The van der Waals surface area contributed by atoms with Gasteiger partial charge in [0.2, 0.25) is 15.9 Å². The lowest BCUT2D eigenvalue weighted by Crippen LogP contribution is -2.60. The Labute approximate surface area is 200 Å². The summed E-state index contributed by atoms with van der Waals surface area (Å²) in [4.78, 5) is 15.3. The van der Waals surface area contributed by atoms with Crippen LogP contribution >= 0.6 is 23.2 Å². The van der Waals surface area contributed by atoms with E-state index in [-0.39, 0.29) is 33.0 Å². The number of hydrogen-bond donors (Lipinski definition) is 1. The van der Waals surface area contributed by atoms with Gasteiger partial charge >= 0.3 is 0 Å². The van der Waals surface area contributed by atoms with Crippen LogP contribution in [-0.4, -0.2) is 67.6 Å². The first-order chi connectivity index (χ1) is 15.1. The number of hydrogen-bond acceptors (Lipinski definition) is 5. The molecule has 0 bridgehead atoms. The van der Waals surface area contributed by atoms with Crippen LogP contribution in [0.4, 0.5) is 0 Å². The third-order valence-corrected chi connectivity index (χ3v) is 9.60. The summed E-state index contributed by atoms with van der Waals surface area (Å²) in [6.45, 7) is 6.08. The Bertz CT molecular complexity index is 958. The van der Waals surface area contributed by atoms with Crippen molar-refractivity contribution in [2.24, 2.45) is 5.92 Å².